The number of ketones is 1. The Kier molecular flexibility index (Phi) is 5.49. The van der Waals surface area contributed by atoms with Gasteiger partial charge in [0.15, 0.2) is 5.78 Å². The first-order valence-electron chi connectivity index (χ1n) is 12.7. The monoisotopic (exact) mass is 500 g/mol. The fourth-order valence-electron chi connectivity index (χ4n) is 5.24. The molecule has 0 spiro atoms. The summed E-state index contributed by atoms with van der Waals surface area (Å²) in [7, 11) is 0. The lowest BCUT2D eigenvalue weighted by Gasteiger charge is -2.17. The van der Waals surface area contributed by atoms with Crippen LogP contribution in [-0.4, -0.2) is 28.0 Å². The second-order valence-electron chi connectivity index (χ2n) is 10.6. The minimum absolute atomic E-state index is 0.0368. The Hall–Kier alpha value is -4.58. The van der Waals surface area contributed by atoms with Crippen molar-refractivity contribution in [3.05, 3.63) is 124 Å². The predicted octanol–water partition coefficient (Wildman–Crippen LogP) is 6.23. The Morgan fingerprint density at radius 3 is 2.42 bits per heavy atom. The largest absolute Gasteiger partial charge is 0.512 e. The highest BCUT2D eigenvalue weighted by Gasteiger charge is 2.34. The summed E-state index contributed by atoms with van der Waals surface area (Å²) in [6.45, 7) is 7.60. The fraction of sp³-hybridized carbons (Fsp3) is 0.188. The molecule has 0 aliphatic carbocycles. The Morgan fingerprint density at radius 2 is 1.68 bits per heavy atom. The normalized spacial score (nSPS) is 22.5. The number of aliphatic hydroxyl groups excluding tert-OH is 1. The molecule has 38 heavy (non-hydrogen) atoms. The Balaban J connectivity index is 1.62. The molecule has 1 aromatic rings. The van der Waals surface area contributed by atoms with Crippen molar-refractivity contribution < 1.29 is 9.90 Å². The summed E-state index contributed by atoms with van der Waals surface area (Å²) in [6, 6.07) is 10.0. The van der Waals surface area contributed by atoms with Crippen molar-refractivity contribution >= 4 is 28.5 Å². The number of fused-ring (bicyclic) bond motifs is 5. The third-order valence-electron chi connectivity index (χ3n) is 7.17. The third-order valence-corrected chi connectivity index (χ3v) is 7.17. The number of Topliss-reactive ketones (excluding diaryl/α,β-unsaturated/α-hetero) is 1. The van der Waals surface area contributed by atoms with Crippen molar-refractivity contribution in [2.24, 2.45) is 20.4 Å². The lowest BCUT2D eigenvalue weighted by Crippen LogP contribution is -2.14. The van der Waals surface area contributed by atoms with E-state index in [0.717, 1.165) is 46.1 Å². The van der Waals surface area contributed by atoms with Gasteiger partial charge in [0, 0.05) is 33.5 Å². The molecule has 2 N–H and O–H groups in total. The number of carbonyl (C=O) groups is 1. The molecule has 0 aromatic heterocycles. The van der Waals surface area contributed by atoms with Crippen molar-refractivity contribution in [3.63, 3.8) is 0 Å². The molecule has 0 unspecified atom stereocenters. The van der Waals surface area contributed by atoms with E-state index in [1.165, 1.54) is 0 Å². The van der Waals surface area contributed by atoms with E-state index >= 15 is 0 Å². The van der Waals surface area contributed by atoms with Crippen molar-refractivity contribution in [1.29, 1.82) is 0 Å². The van der Waals surface area contributed by atoms with Crippen molar-refractivity contribution in [2.75, 3.05) is 0 Å². The highest BCUT2D eigenvalue weighted by molar-refractivity contribution is 6.18. The van der Waals surface area contributed by atoms with Gasteiger partial charge in [-0.2, -0.15) is 0 Å². The van der Waals surface area contributed by atoms with Crippen LogP contribution in [0.15, 0.2) is 133 Å². The van der Waals surface area contributed by atoms with E-state index in [1.54, 1.807) is 13.8 Å². The molecule has 6 nitrogen and oxygen atoms in total. The molecule has 1 saturated heterocycles. The second kappa shape index (κ2) is 8.77. The van der Waals surface area contributed by atoms with E-state index in [-0.39, 0.29) is 17.0 Å². The van der Waals surface area contributed by atoms with Gasteiger partial charge < -0.3 is 10.4 Å². The molecule has 5 aliphatic rings. The number of rotatable bonds is 2. The summed E-state index contributed by atoms with van der Waals surface area (Å²) in [5.74, 6) is 0.175. The molecule has 5 heterocycles. The van der Waals surface area contributed by atoms with Gasteiger partial charge in [-0.05, 0) is 68.4 Å². The molecule has 1 aromatic carbocycles. The van der Waals surface area contributed by atoms with Gasteiger partial charge in [-0.15, -0.1) is 0 Å². The van der Waals surface area contributed by atoms with E-state index in [9.17, 15) is 9.90 Å². The highest BCUT2D eigenvalue weighted by atomic mass is 16.3. The van der Waals surface area contributed by atoms with E-state index in [1.807, 2.05) is 72.9 Å². The molecular formula is C32H28N4O2. The van der Waals surface area contributed by atoms with Crippen LogP contribution in [0.3, 0.4) is 0 Å². The minimum atomic E-state index is -0.171. The maximum Gasteiger partial charge on any atom is 0.162 e. The topological polar surface area (TPSA) is 86.4 Å². The summed E-state index contributed by atoms with van der Waals surface area (Å²) in [6.07, 6.45) is 14.3. The lowest BCUT2D eigenvalue weighted by atomic mass is 9.87. The number of aliphatic hydroxyl groups is 1. The number of benzene rings is 1. The standard InChI is InChI=1S/C32H28N4O2/c1-18(37)24-12-22-15-30-32(3,4)17-23(35-30)14-28-25(19(2)38)16-29(36-28)31(20-8-6-5-7-9-20)26-11-10-21(33-26)13-27(24)34-22/h5-16,35,38H,17H2,1-4H3/b23-14?,25-19-,27-13?,30-15?,31-26?. The molecule has 8 bridgehead atoms. The predicted molar refractivity (Wildman–Crippen MR) is 153 cm³/mol. The van der Waals surface area contributed by atoms with Gasteiger partial charge in [0.05, 0.1) is 40.0 Å². The summed E-state index contributed by atoms with van der Waals surface area (Å²) >= 11 is 0. The zero-order valence-corrected chi connectivity index (χ0v) is 21.8. The summed E-state index contributed by atoms with van der Waals surface area (Å²) < 4.78 is 0. The SMILES string of the molecule is CC(=O)C1=CC2=NC1=CC1=NC(=C(c3ccccc3)C3=C/C(=C(\C)O)C(=N3)C=C3CC(C)(C)C(=C2)N3)C=C1. The van der Waals surface area contributed by atoms with Gasteiger partial charge in [-0.25, -0.2) is 15.0 Å². The van der Waals surface area contributed by atoms with Crippen molar-refractivity contribution in [1.82, 2.24) is 5.32 Å². The van der Waals surface area contributed by atoms with Crippen LogP contribution in [0.2, 0.25) is 0 Å². The van der Waals surface area contributed by atoms with Gasteiger partial charge in [0.1, 0.15) is 0 Å². The zero-order chi connectivity index (χ0) is 26.6. The number of carbonyl (C=O) groups excluding carboxylic acids is 1. The van der Waals surface area contributed by atoms with Crippen molar-refractivity contribution in [2.45, 2.75) is 34.1 Å². The number of nitrogens with zero attached hydrogens (tertiary/aromatic N) is 3. The number of allylic oxidation sites excluding steroid dienone is 13. The molecule has 0 saturated carbocycles. The van der Waals surface area contributed by atoms with Gasteiger partial charge >= 0.3 is 0 Å². The molecule has 1 fully saturated rings. The van der Waals surface area contributed by atoms with Crippen LogP contribution in [-0.2, 0) is 4.79 Å². The van der Waals surface area contributed by atoms with Crippen LogP contribution < -0.4 is 5.32 Å². The maximum absolute atomic E-state index is 12.5. The van der Waals surface area contributed by atoms with Gasteiger partial charge in [-0.1, -0.05) is 44.2 Å². The zero-order valence-electron chi connectivity index (χ0n) is 21.8. The highest BCUT2D eigenvalue weighted by Crippen LogP contribution is 2.41. The van der Waals surface area contributed by atoms with Crippen molar-refractivity contribution in [3.8, 4) is 0 Å². The van der Waals surface area contributed by atoms with E-state index in [4.69, 9.17) is 15.0 Å². The van der Waals surface area contributed by atoms with Gasteiger partial charge in [0.2, 0.25) is 0 Å². The number of aliphatic imine (C=N–C) groups is 3. The van der Waals surface area contributed by atoms with Crippen LogP contribution in [0.1, 0.15) is 39.7 Å². The van der Waals surface area contributed by atoms with Crippen LogP contribution >= 0.6 is 0 Å². The fourth-order valence-corrected chi connectivity index (χ4v) is 5.24. The molecule has 5 aliphatic heterocycles. The molecule has 6 heteroatoms. The number of nitrogens with one attached hydrogen (secondary N) is 1. The first-order chi connectivity index (χ1) is 18.2. The second-order valence-corrected chi connectivity index (χ2v) is 10.6. The maximum atomic E-state index is 12.5. The minimum Gasteiger partial charge on any atom is -0.512 e. The first-order valence-corrected chi connectivity index (χ1v) is 12.7. The van der Waals surface area contributed by atoms with E-state index < -0.39 is 0 Å². The Morgan fingerprint density at radius 1 is 0.895 bits per heavy atom. The molecule has 0 radical (unpaired) electrons. The molecule has 0 atom stereocenters. The van der Waals surface area contributed by atoms with E-state index in [2.05, 4.69) is 19.2 Å². The average molecular weight is 501 g/mol. The first kappa shape index (κ1) is 23.8. The smallest absolute Gasteiger partial charge is 0.162 e. The average Bonchev–Trinajstić information content (AvgIpc) is 3.63. The van der Waals surface area contributed by atoms with Crippen LogP contribution in [0, 0.1) is 5.41 Å². The Bertz CT molecular complexity index is 1640. The molecule has 6 rings (SSSR count). The van der Waals surface area contributed by atoms with Crippen LogP contribution in [0.5, 0.6) is 0 Å². The quantitative estimate of drug-likeness (QED) is 0.472. The molecule has 0 amide bonds. The summed E-state index contributed by atoms with van der Waals surface area (Å²) in [5, 5.41) is 14.1. The number of hydrogen-bond donors (Lipinski definition) is 2. The summed E-state index contributed by atoms with van der Waals surface area (Å²) in [5.41, 5.74) is 9.17. The third kappa shape index (κ3) is 4.18. The van der Waals surface area contributed by atoms with E-state index in [0.29, 0.717) is 28.3 Å². The molecular weight excluding hydrogens is 472 g/mol. The number of hydrogen-bond acceptors (Lipinski definition) is 6. The van der Waals surface area contributed by atoms with Crippen LogP contribution in [0.4, 0.5) is 0 Å². The van der Waals surface area contributed by atoms with Crippen LogP contribution in [0.25, 0.3) is 5.57 Å². The molecule has 188 valence electrons. The Labute approximate surface area is 222 Å². The summed E-state index contributed by atoms with van der Waals surface area (Å²) in [4.78, 5) is 27.2. The van der Waals surface area contributed by atoms with Gasteiger partial charge in [-0.3, -0.25) is 4.79 Å². The lowest BCUT2D eigenvalue weighted by molar-refractivity contribution is -0.113. The van der Waals surface area contributed by atoms with Gasteiger partial charge in [0.25, 0.3) is 0 Å².